The van der Waals surface area contributed by atoms with Crippen LogP contribution in [0.15, 0.2) is 24.3 Å². The summed E-state index contributed by atoms with van der Waals surface area (Å²) in [6.45, 7) is 0.891. The number of nitrogens with zero attached hydrogens (tertiary/aromatic N) is 3. The Morgan fingerprint density at radius 2 is 2.10 bits per heavy atom. The normalized spacial score (nSPS) is 10.6. The van der Waals surface area contributed by atoms with Gasteiger partial charge in [0.1, 0.15) is 0 Å². The standard InChI is InChI=1S/C14H16ClN3O3/c1-20-8-7-12-13(14(19)21-2)16-17-18(12)9-10-5-3-4-6-11(10)15/h3-6H,7-9H2,1-2H3. The van der Waals surface area contributed by atoms with Crippen LogP contribution in [0.3, 0.4) is 0 Å². The van der Waals surface area contributed by atoms with Gasteiger partial charge >= 0.3 is 5.97 Å². The largest absolute Gasteiger partial charge is 0.464 e. The maximum Gasteiger partial charge on any atom is 0.360 e. The predicted octanol–water partition coefficient (Wildman–Crippen LogP) is 1.96. The minimum Gasteiger partial charge on any atom is -0.464 e. The Hall–Kier alpha value is -1.92. The topological polar surface area (TPSA) is 66.2 Å². The summed E-state index contributed by atoms with van der Waals surface area (Å²) in [6.07, 6.45) is 0.512. The van der Waals surface area contributed by atoms with E-state index in [2.05, 4.69) is 10.3 Å². The van der Waals surface area contributed by atoms with Crippen LogP contribution in [0.1, 0.15) is 21.7 Å². The lowest BCUT2D eigenvalue weighted by atomic mass is 10.2. The number of methoxy groups -OCH3 is 2. The van der Waals surface area contributed by atoms with Crippen molar-refractivity contribution in [3.63, 3.8) is 0 Å². The Morgan fingerprint density at radius 1 is 1.33 bits per heavy atom. The van der Waals surface area contributed by atoms with Crippen molar-refractivity contribution >= 4 is 17.6 Å². The number of carbonyl (C=O) groups excluding carboxylic acids is 1. The number of ether oxygens (including phenoxy) is 2. The summed E-state index contributed by atoms with van der Waals surface area (Å²) in [5.41, 5.74) is 1.78. The van der Waals surface area contributed by atoms with Gasteiger partial charge in [-0.3, -0.25) is 0 Å². The number of halogens is 1. The molecule has 1 aromatic carbocycles. The van der Waals surface area contributed by atoms with E-state index in [0.717, 1.165) is 5.56 Å². The van der Waals surface area contributed by atoms with Crippen molar-refractivity contribution in [2.75, 3.05) is 20.8 Å². The molecule has 0 aliphatic carbocycles. The first-order chi connectivity index (χ1) is 10.2. The fourth-order valence-electron chi connectivity index (χ4n) is 1.95. The molecule has 1 aromatic heterocycles. The van der Waals surface area contributed by atoms with Crippen molar-refractivity contribution in [2.24, 2.45) is 0 Å². The molecule has 2 aromatic rings. The molecule has 0 aliphatic heterocycles. The van der Waals surface area contributed by atoms with Gasteiger partial charge in [-0.15, -0.1) is 5.10 Å². The highest BCUT2D eigenvalue weighted by molar-refractivity contribution is 6.31. The minimum absolute atomic E-state index is 0.210. The second kappa shape index (κ2) is 7.19. The van der Waals surface area contributed by atoms with Gasteiger partial charge < -0.3 is 9.47 Å². The van der Waals surface area contributed by atoms with Crippen molar-refractivity contribution in [3.05, 3.63) is 46.2 Å². The molecular formula is C14H16ClN3O3. The molecule has 0 N–H and O–H groups in total. The van der Waals surface area contributed by atoms with E-state index in [1.54, 1.807) is 11.8 Å². The van der Waals surface area contributed by atoms with E-state index in [0.29, 0.717) is 30.3 Å². The third-order valence-corrected chi connectivity index (χ3v) is 3.41. The molecule has 1 heterocycles. The number of benzene rings is 1. The second-order valence-corrected chi connectivity index (χ2v) is 4.78. The smallest absolute Gasteiger partial charge is 0.360 e. The molecular weight excluding hydrogens is 294 g/mol. The molecule has 0 unspecified atom stereocenters. The molecule has 7 heteroatoms. The predicted molar refractivity (Wildman–Crippen MR) is 77.5 cm³/mol. The summed E-state index contributed by atoms with van der Waals surface area (Å²) in [5.74, 6) is -0.508. The van der Waals surface area contributed by atoms with Crippen molar-refractivity contribution in [1.82, 2.24) is 15.0 Å². The van der Waals surface area contributed by atoms with Crippen LogP contribution in [0, 0.1) is 0 Å². The summed E-state index contributed by atoms with van der Waals surface area (Å²) in [5, 5.41) is 8.58. The molecule has 2 rings (SSSR count). The third kappa shape index (κ3) is 3.59. The number of hydrogen-bond acceptors (Lipinski definition) is 5. The molecule has 0 spiro atoms. The zero-order chi connectivity index (χ0) is 15.2. The average Bonchev–Trinajstić information content (AvgIpc) is 2.89. The highest BCUT2D eigenvalue weighted by Crippen LogP contribution is 2.18. The Morgan fingerprint density at radius 3 is 2.76 bits per heavy atom. The van der Waals surface area contributed by atoms with E-state index in [9.17, 15) is 4.79 Å². The number of rotatable bonds is 6. The first-order valence-corrected chi connectivity index (χ1v) is 6.78. The lowest BCUT2D eigenvalue weighted by Crippen LogP contribution is -2.12. The van der Waals surface area contributed by atoms with Gasteiger partial charge in [0.05, 0.1) is 26.0 Å². The number of aromatic nitrogens is 3. The molecule has 0 radical (unpaired) electrons. The highest BCUT2D eigenvalue weighted by atomic mass is 35.5. The summed E-state index contributed by atoms with van der Waals surface area (Å²) < 4.78 is 11.4. The van der Waals surface area contributed by atoms with E-state index in [-0.39, 0.29) is 5.69 Å². The molecule has 0 saturated heterocycles. The zero-order valence-electron chi connectivity index (χ0n) is 11.9. The van der Waals surface area contributed by atoms with E-state index < -0.39 is 5.97 Å². The lowest BCUT2D eigenvalue weighted by molar-refractivity contribution is 0.0592. The second-order valence-electron chi connectivity index (χ2n) is 4.37. The first-order valence-electron chi connectivity index (χ1n) is 6.40. The van der Waals surface area contributed by atoms with Gasteiger partial charge in [-0.2, -0.15) is 0 Å². The summed E-state index contributed by atoms with van der Waals surface area (Å²) >= 11 is 6.15. The van der Waals surface area contributed by atoms with Gasteiger partial charge in [0.25, 0.3) is 0 Å². The van der Waals surface area contributed by atoms with Crippen LogP contribution in [-0.2, 0) is 22.4 Å². The molecule has 0 aliphatic rings. The monoisotopic (exact) mass is 309 g/mol. The van der Waals surface area contributed by atoms with Crippen LogP contribution in [0.2, 0.25) is 5.02 Å². The zero-order valence-corrected chi connectivity index (χ0v) is 12.6. The van der Waals surface area contributed by atoms with Crippen LogP contribution in [0.25, 0.3) is 0 Å². The van der Waals surface area contributed by atoms with Gasteiger partial charge in [-0.05, 0) is 11.6 Å². The molecule has 0 atom stereocenters. The van der Waals surface area contributed by atoms with E-state index >= 15 is 0 Å². The van der Waals surface area contributed by atoms with Crippen molar-refractivity contribution in [2.45, 2.75) is 13.0 Å². The Kier molecular flexibility index (Phi) is 5.30. The lowest BCUT2D eigenvalue weighted by Gasteiger charge is -2.08. The van der Waals surface area contributed by atoms with Crippen LogP contribution < -0.4 is 0 Å². The first kappa shape index (κ1) is 15.5. The molecule has 112 valence electrons. The van der Waals surface area contributed by atoms with Gasteiger partial charge in [0.2, 0.25) is 0 Å². The van der Waals surface area contributed by atoms with Crippen molar-refractivity contribution in [3.8, 4) is 0 Å². The summed E-state index contributed by atoms with van der Waals surface area (Å²) in [7, 11) is 2.91. The van der Waals surface area contributed by atoms with Crippen molar-refractivity contribution < 1.29 is 14.3 Å². The van der Waals surface area contributed by atoms with Gasteiger partial charge in [0.15, 0.2) is 5.69 Å². The van der Waals surface area contributed by atoms with Gasteiger partial charge in [0, 0.05) is 18.6 Å². The number of hydrogen-bond donors (Lipinski definition) is 0. The quantitative estimate of drug-likeness (QED) is 0.763. The maximum absolute atomic E-state index is 11.7. The average molecular weight is 310 g/mol. The van der Waals surface area contributed by atoms with Gasteiger partial charge in [-0.1, -0.05) is 35.0 Å². The molecule has 0 saturated carbocycles. The fraction of sp³-hybridized carbons (Fsp3) is 0.357. The molecule has 0 amide bonds. The Balaban J connectivity index is 2.32. The summed E-state index contributed by atoms with van der Waals surface area (Å²) in [4.78, 5) is 11.7. The molecule has 6 nitrogen and oxygen atoms in total. The minimum atomic E-state index is -0.508. The van der Waals surface area contributed by atoms with Gasteiger partial charge in [-0.25, -0.2) is 9.48 Å². The molecule has 0 bridgehead atoms. The van der Waals surface area contributed by atoms with Crippen LogP contribution in [-0.4, -0.2) is 41.8 Å². The summed E-state index contributed by atoms with van der Waals surface area (Å²) in [6, 6.07) is 7.47. The van der Waals surface area contributed by atoms with E-state index in [4.69, 9.17) is 21.1 Å². The Bertz CT molecular complexity index is 628. The number of esters is 1. The van der Waals surface area contributed by atoms with Crippen LogP contribution in [0.4, 0.5) is 0 Å². The molecule has 0 fully saturated rings. The molecule has 21 heavy (non-hydrogen) atoms. The van der Waals surface area contributed by atoms with E-state index in [1.807, 2.05) is 24.3 Å². The van der Waals surface area contributed by atoms with Crippen LogP contribution in [0.5, 0.6) is 0 Å². The fourth-order valence-corrected chi connectivity index (χ4v) is 2.14. The SMILES string of the molecule is COCCc1c(C(=O)OC)nnn1Cc1ccccc1Cl. The van der Waals surface area contributed by atoms with E-state index in [1.165, 1.54) is 7.11 Å². The third-order valence-electron chi connectivity index (χ3n) is 3.04. The highest BCUT2D eigenvalue weighted by Gasteiger charge is 2.20. The Labute approximate surface area is 127 Å². The van der Waals surface area contributed by atoms with Crippen molar-refractivity contribution in [1.29, 1.82) is 0 Å². The van der Waals surface area contributed by atoms with Crippen LogP contribution >= 0.6 is 11.6 Å². The maximum atomic E-state index is 11.7. The number of carbonyl (C=O) groups is 1.